The van der Waals surface area contributed by atoms with Crippen molar-refractivity contribution >= 4 is 28.3 Å². The fraction of sp³-hybridized carbons (Fsp3) is 0.385. The quantitative estimate of drug-likeness (QED) is 0.523. The number of aromatic nitrogens is 2. The number of carbonyl (C=O) groups is 2. The van der Waals surface area contributed by atoms with Crippen molar-refractivity contribution in [1.82, 2.24) is 15.3 Å². The second kappa shape index (κ2) is 9.43. The lowest BCUT2D eigenvalue weighted by Gasteiger charge is -2.25. The molecule has 0 saturated heterocycles. The third-order valence-electron chi connectivity index (χ3n) is 7.13. The molecule has 7 heteroatoms. The zero-order chi connectivity index (χ0) is 22.7. The molecule has 0 aliphatic heterocycles. The van der Waals surface area contributed by atoms with Crippen LogP contribution in [0.5, 0.6) is 0 Å². The predicted molar refractivity (Wildman–Crippen MR) is 129 cm³/mol. The molecule has 0 bridgehead atoms. The Balaban J connectivity index is 1.33. The maximum Gasteiger partial charge on any atom is 0.251 e. The Morgan fingerprint density at radius 1 is 1.06 bits per heavy atom. The van der Waals surface area contributed by atoms with Crippen LogP contribution in [0.4, 0.5) is 5.13 Å². The molecule has 2 heterocycles. The first-order chi connectivity index (χ1) is 16.2. The number of amides is 2. The molecule has 2 atom stereocenters. The average Bonchev–Trinajstić information content (AvgIpc) is 3.44. The second-order valence-corrected chi connectivity index (χ2v) is 9.99. The van der Waals surface area contributed by atoms with Gasteiger partial charge in [-0.1, -0.05) is 50.3 Å². The summed E-state index contributed by atoms with van der Waals surface area (Å²) < 4.78 is 0. The highest BCUT2D eigenvalue weighted by Gasteiger charge is 2.63. The summed E-state index contributed by atoms with van der Waals surface area (Å²) in [5, 5.41) is 8.50. The van der Waals surface area contributed by atoms with Gasteiger partial charge in [0.15, 0.2) is 5.13 Å². The molecule has 1 aromatic carbocycles. The van der Waals surface area contributed by atoms with Crippen molar-refractivity contribution < 1.29 is 9.59 Å². The van der Waals surface area contributed by atoms with E-state index in [9.17, 15) is 9.59 Å². The highest BCUT2D eigenvalue weighted by Crippen LogP contribution is 2.61. The van der Waals surface area contributed by atoms with Gasteiger partial charge in [0.2, 0.25) is 5.91 Å². The first kappa shape index (κ1) is 21.8. The van der Waals surface area contributed by atoms with E-state index in [0.29, 0.717) is 29.1 Å². The molecule has 0 spiro atoms. The van der Waals surface area contributed by atoms with Gasteiger partial charge in [0.25, 0.3) is 5.91 Å². The molecule has 0 radical (unpaired) electrons. The van der Waals surface area contributed by atoms with Gasteiger partial charge >= 0.3 is 0 Å². The first-order valence-electron chi connectivity index (χ1n) is 11.7. The number of anilines is 1. The molecule has 170 valence electrons. The van der Waals surface area contributed by atoms with E-state index in [0.717, 1.165) is 17.5 Å². The lowest BCUT2D eigenvalue weighted by molar-refractivity contribution is -0.119. The minimum atomic E-state index is -0.529. The average molecular weight is 461 g/mol. The molecule has 5 rings (SSSR count). The zero-order valence-corrected chi connectivity index (χ0v) is 19.3. The van der Waals surface area contributed by atoms with Gasteiger partial charge in [-0.3, -0.25) is 14.6 Å². The minimum absolute atomic E-state index is 0.0294. The normalized spacial score (nSPS) is 22.5. The van der Waals surface area contributed by atoms with Gasteiger partial charge in [-0.25, -0.2) is 4.98 Å². The van der Waals surface area contributed by atoms with Crippen LogP contribution >= 0.6 is 11.3 Å². The number of nitrogens with zero attached hydrogens (tertiary/aromatic N) is 2. The molecule has 2 amide bonds. The lowest BCUT2D eigenvalue weighted by Crippen LogP contribution is -2.32. The van der Waals surface area contributed by atoms with E-state index >= 15 is 0 Å². The molecular weight excluding hydrogens is 432 g/mol. The summed E-state index contributed by atoms with van der Waals surface area (Å²) in [4.78, 5) is 34.4. The smallest absolute Gasteiger partial charge is 0.251 e. The Bertz CT molecular complexity index is 1100. The van der Waals surface area contributed by atoms with Crippen molar-refractivity contribution in [2.45, 2.75) is 50.5 Å². The molecule has 2 aliphatic rings. The summed E-state index contributed by atoms with van der Waals surface area (Å²) in [6, 6.07) is 11.4. The molecule has 2 aromatic heterocycles. The Hall–Kier alpha value is -3.06. The van der Waals surface area contributed by atoms with E-state index < -0.39 is 5.41 Å². The summed E-state index contributed by atoms with van der Waals surface area (Å²) in [5.74, 6) is 0.833. The zero-order valence-electron chi connectivity index (χ0n) is 18.5. The fourth-order valence-corrected chi connectivity index (χ4v) is 5.84. The topological polar surface area (TPSA) is 84.0 Å². The number of benzene rings is 1. The highest BCUT2D eigenvalue weighted by molar-refractivity contribution is 7.13. The molecule has 2 N–H and O–H groups in total. The Kier molecular flexibility index (Phi) is 6.22. The third kappa shape index (κ3) is 4.55. The van der Waals surface area contributed by atoms with Crippen molar-refractivity contribution in [1.29, 1.82) is 0 Å². The second-order valence-electron chi connectivity index (χ2n) is 9.09. The molecule has 2 fully saturated rings. The van der Waals surface area contributed by atoms with Crippen molar-refractivity contribution in [2.24, 2.45) is 11.8 Å². The standard InChI is InChI=1S/C26H28N4O2S/c31-23(29-17-18-5-4-12-27-16-18)20-8-10-21(11-9-20)26(24(32)30-25-28-13-14-33-25)15-22(26)19-6-2-1-3-7-19/h4-5,8-14,16,19,22H,1-3,6-7,15,17H2,(H,29,31)(H,28,30,32)/t22-,26-/m0/s1. The minimum Gasteiger partial charge on any atom is -0.348 e. The number of pyridine rings is 1. The maximum atomic E-state index is 13.5. The summed E-state index contributed by atoms with van der Waals surface area (Å²) in [5.41, 5.74) is 2.01. The molecule has 0 unspecified atom stereocenters. The van der Waals surface area contributed by atoms with Crippen LogP contribution in [0.3, 0.4) is 0 Å². The molecule has 2 saturated carbocycles. The van der Waals surface area contributed by atoms with E-state index in [-0.39, 0.29) is 11.8 Å². The van der Waals surface area contributed by atoms with Gasteiger partial charge in [-0.05, 0) is 47.6 Å². The first-order valence-corrected chi connectivity index (χ1v) is 12.5. The number of hydrogen-bond donors (Lipinski definition) is 2. The predicted octanol–water partition coefficient (Wildman–Crippen LogP) is 4.94. The molecule has 2 aliphatic carbocycles. The van der Waals surface area contributed by atoms with Crippen LogP contribution in [-0.2, 0) is 16.8 Å². The number of nitrogens with one attached hydrogen (secondary N) is 2. The number of thiazole rings is 1. The van der Waals surface area contributed by atoms with Crippen molar-refractivity contribution in [3.05, 3.63) is 77.1 Å². The third-order valence-corrected chi connectivity index (χ3v) is 7.82. The van der Waals surface area contributed by atoms with E-state index in [2.05, 4.69) is 20.6 Å². The molecular formula is C26H28N4O2S. The van der Waals surface area contributed by atoms with E-state index in [1.807, 2.05) is 41.8 Å². The fourth-order valence-electron chi connectivity index (χ4n) is 5.32. The van der Waals surface area contributed by atoms with Gasteiger partial charge < -0.3 is 10.6 Å². The summed E-state index contributed by atoms with van der Waals surface area (Å²) in [6.07, 6.45) is 12.2. The van der Waals surface area contributed by atoms with Gasteiger partial charge in [0, 0.05) is 36.1 Å². The van der Waals surface area contributed by atoms with Gasteiger partial charge in [0.1, 0.15) is 0 Å². The summed E-state index contributed by atoms with van der Waals surface area (Å²) >= 11 is 1.44. The van der Waals surface area contributed by atoms with Gasteiger partial charge in [0.05, 0.1) is 5.41 Å². The van der Waals surface area contributed by atoms with E-state index in [4.69, 9.17) is 0 Å². The molecule has 6 nitrogen and oxygen atoms in total. The van der Waals surface area contributed by atoms with Crippen LogP contribution in [0, 0.1) is 11.8 Å². The molecule has 33 heavy (non-hydrogen) atoms. The monoisotopic (exact) mass is 460 g/mol. The van der Waals surface area contributed by atoms with E-state index in [1.54, 1.807) is 18.6 Å². The van der Waals surface area contributed by atoms with Crippen LogP contribution in [0.15, 0.2) is 60.4 Å². The van der Waals surface area contributed by atoms with Gasteiger partial charge in [-0.2, -0.15) is 0 Å². The number of hydrogen-bond acceptors (Lipinski definition) is 5. The Morgan fingerprint density at radius 2 is 1.88 bits per heavy atom. The van der Waals surface area contributed by atoms with Crippen molar-refractivity contribution in [3.8, 4) is 0 Å². The van der Waals surface area contributed by atoms with Crippen molar-refractivity contribution in [2.75, 3.05) is 5.32 Å². The number of rotatable bonds is 7. The van der Waals surface area contributed by atoms with E-state index in [1.165, 1.54) is 43.4 Å². The van der Waals surface area contributed by atoms with Crippen LogP contribution in [0.2, 0.25) is 0 Å². The Labute approximate surface area is 197 Å². The largest absolute Gasteiger partial charge is 0.348 e. The van der Waals surface area contributed by atoms with Crippen LogP contribution < -0.4 is 10.6 Å². The Morgan fingerprint density at radius 3 is 2.58 bits per heavy atom. The van der Waals surface area contributed by atoms with Gasteiger partial charge in [-0.15, -0.1) is 11.3 Å². The molecule has 3 aromatic rings. The van der Waals surface area contributed by atoms with Crippen LogP contribution in [0.1, 0.15) is 60.0 Å². The van der Waals surface area contributed by atoms with Crippen LogP contribution in [-0.4, -0.2) is 21.8 Å². The summed E-state index contributed by atoms with van der Waals surface area (Å²) in [7, 11) is 0. The number of carbonyl (C=O) groups excluding carboxylic acids is 2. The maximum absolute atomic E-state index is 13.5. The van der Waals surface area contributed by atoms with Crippen molar-refractivity contribution in [3.63, 3.8) is 0 Å². The SMILES string of the molecule is O=C(NCc1cccnc1)c1ccc([C@@]2(C(=O)Nc3nccs3)C[C@H]2C2CCCCC2)cc1. The highest BCUT2D eigenvalue weighted by atomic mass is 32.1. The summed E-state index contributed by atoms with van der Waals surface area (Å²) in [6.45, 7) is 0.429. The lowest BCUT2D eigenvalue weighted by atomic mass is 9.80. The van der Waals surface area contributed by atoms with Crippen LogP contribution in [0.25, 0.3) is 0 Å².